The van der Waals surface area contributed by atoms with E-state index in [4.69, 9.17) is 16.7 Å². The summed E-state index contributed by atoms with van der Waals surface area (Å²) in [5.74, 6) is 0. The Morgan fingerprint density at radius 2 is 2.37 bits per heavy atom. The predicted molar refractivity (Wildman–Crippen MR) is 74.9 cm³/mol. The molecule has 0 amide bonds. The maximum Gasteiger partial charge on any atom is 0.287 e. The van der Waals surface area contributed by atoms with Crippen LogP contribution in [0.1, 0.15) is 13.3 Å². The van der Waals surface area contributed by atoms with Gasteiger partial charge in [-0.25, -0.2) is 4.68 Å². The minimum Gasteiger partial charge on any atom is -0.394 e. The van der Waals surface area contributed by atoms with Crippen LogP contribution < -0.4 is 15.8 Å². The first-order valence-corrected chi connectivity index (χ1v) is 6.90. The van der Waals surface area contributed by atoms with Gasteiger partial charge in [-0.05, 0) is 6.42 Å². The van der Waals surface area contributed by atoms with E-state index in [0.717, 1.165) is 26.1 Å². The molecule has 2 N–H and O–H groups in total. The molecule has 1 fully saturated rings. The van der Waals surface area contributed by atoms with Crippen molar-refractivity contribution in [3.63, 3.8) is 0 Å². The zero-order valence-electron chi connectivity index (χ0n) is 11.0. The molecule has 0 atom stereocenters. The number of halogens is 1. The lowest BCUT2D eigenvalue weighted by Crippen LogP contribution is -2.58. The Morgan fingerprint density at radius 3 is 2.89 bits per heavy atom. The van der Waals surface area contributed by atoms with Crippen LogP contribution in [0.2, 0.25) is 5.02 Å². The van der Waals surface area contributed by atoms with Gasteiger partial charge in [0.2, 0.25) is 0 Å². The van der Waals surface area contributed by atoms with E-state index in [9.17, 15) is 4.79 Å². The van der Waals surface area contributed by atoms with Gasteiger partial charge in [0, 0.05) is 19.6 Å². The second-order valence-corrected chi connectivity index (χ2v) is 4.98. The Labute approximate surface area is 117 Å². The maximum atomic E-state index is 12.0. The first kappa shape index (κ1) is 14.3. The summed E-state index contributed by atoms with van der Waals surface area (Å²) >= 11 is 6.17. The number of rotatable bonds is 6. The van der Waals surface area contributed by atoms with Crippen LogP contribution in [0.3, 0.4) is 0 Å². The quantitative estimate of drug-likeness (QED) is 0.775. The van der Waals surface area contributed by atoms with Gasteiger partial charge in [0.1, 0.15) is 5.02 Å². The van der Waals surface area contributed by atoms with E-state index in [1.54, 1.807) is 6.20 Å². The zero-order valence-corrected chi connectivity index (χ0v) is 11.7. The fourth-order valence-corrected chi connectivity index (χ4v) is 2.40. The van der Waals surface area contributed by atoms with Crippen LogP contribution in [-0.4, -0.2) is 47.2 Å². The molecule has 0 radical (unpaired) electrons. The molecule has 1 aliphatic heterocycles. The van der Waals surface area contributed by atoms with Gasteiger partial charge in [-0.2, -0.15) is 5.10 Å². The molecule has 1 aliphatic rings. The van der Waals surface area contributed by atoms with Crippen LogP contribution in [0.25, 0.3) is 0 Å². The Hall–Kier alpha value is -1.11. The second kappa shape index (κ2) is 6.36. The van der Waals surface area contributed by atoms with E-state index in [1.165, 1.54) is 4.68 Å². The van der Waals surface area contributed by atoms with Gasteiger partial charge in [0.05, 0.1) is 31.1 Å². The number of aliphatic hydroxyl groups is 1. The number of aliphatic hydroxyl groups excluding tert-OH is 1. The van der Waals surface area contributed by atoms with Crippen molar-refractivity contribution in [3.8, 4) is 0 Å². The highest BCUT2D eigenvalue weighted by Gasteiger charge is 2.27. The van der Waals surface area contributed by atoms with Crippen molar-refractivity contribution in [2.45, 2.75) is 25.9 Å². The highest BCUT2D eigenvalue weighted by molar-refractivity contribution is 6.33. The molecule has 0 aromatic carbocycles. The molecule has 106 valence electrons. The Kier molecular flexibility index (Phi) is 4.79. The lowest BCUT2D eigenvalue weighted by Gasteiger charge is -2.39. The summed E-state index contributed by atoms with van der Waals surface area (Å²) in [6, 6.07) is 0.368. The molecule has 1 aromatic rings. The number of hydrogen-bond donors (Lipinski definition) is 2. The van der Waals surface area contributed by atoms with Crippen molar-refractivity contribution in [2.24, 2.45) is 0 Å². The standard InChI is InChI=1S/C12H19ClN4O2/c1-2-3-16(9-6-14-7-9)10-8-15-17(4-5-18)12(19)11(10)13/h8-9,14,18H,2-7H2,1H3. The number of nitrogens with one attached hydrogen (secondary N) is 1. The molecule has 0 spiro atoms. The summed E-state index contributed by atoms with van der Waals surface area (Å²) in [6.07, 6.45) is 2.60. The molecular formula is C12H19ClN4O2. The Bertz CT molecular complexity index is 487. The topological polar surface area (TPSA) is 70.4 Å². The molecule has 19 heavy (non-hydrogen) atoms. The molecule has 0 unspecified atom stereocenters. The van der Waals surface area contributed by atoms with Gasteiger partial charge >= 0.3 is 0 Å². The van der Waals surface area contributed by atoms with Crippen LogP contribution in [0.5, 0.6) is 0 Å². The van der Waals surface area contributed by atoms with Crippen molar-refractivity contribution >= 4 is 17.3 Å². The summed E-state index contributed by atoms with van der Waals surface area (Å²) in [4.78, 5) is 14.2. The predicted octanol–water partition coefficient (Wildman–Crippen LogP) is 0.0772. The largest absolute Gasteiger partial charge is 0.394 e. The van der Waals surface area contributed by atoms with Gasteiger partial charge in [0.15, 0.2) is 0 Å². The maximum absolute atomic E-state index is 12.0. The molecule has 2 rings (SSSR count). The normalized spacial score (nSPS) is 15.3. The van der Waals surface area contributed by atoms with E-state index in [2.05, 4.69) is 22.2 Å². The van der Waals surface area contributed by atoms with Gasteiger partial charge in [-0.1, -0.05) is 18.5 Å². The first-order valence-electron chi connectivity index (χ1n) is 6.52. The first-order chi connectivity index (χ1) is 9.19. The number of nitrogens with zero attached hydrogens (tertiary/aromatic N) is 3. The Balaban J connectivity index is 2.31. The van der Waals surface area contributed by atoms with Gasteiger partial charge in [0.25, 0.3) is 5.56 Å². The van der Waals surface area contributed by atoms with Crippen molar-refractivity contribution in [3.05, 3.63) is 21.6 Å². The van der Waals surface area contributed by atoms with E-state index < -0.39 is 0 Å². The third kappa shape index (κ3) is 2.91. The molecule has 1 aromatic heterocycles. The summed E-state index contributed by atoms with van der Waals surface area (Å²) in [5.41, 5.74) is 0.343. The van der Waals surface area contributed by atoms with E-state index >= 15 is 0 Å². The highest BCUT2D eigenvalue weighted by Crippen LogP contribution is 2.24. The molecular weight excluding hydrogens is 268 g/mol. The molecule has 0 saturated carbocycles. The minimum absolute atomic E-state index is 0.131. The van der Waals surface area contributed by atoms with Gasteiger partial charge in [-0.15, -0.1) is 0 Å². The zero-order chi connectivity index (χ0) is 13.8. The van der Waals surface area contributed by atoms with Gasteiger partial charge in [-0.3, -0.25) is 4.79 Å². The summed E-state index contributed by atoms with van der Waals surface area (Å²) < 4.78 is 1.19. The monoisotopic (exact) mass is 286 g/mol. The molecule has 7 heteroatoms. The Morgan fingerprint density at radius 1 is 1.63 bits per heavy atom. The molecule has 0 aliphatic carbocycles. The summed E-state index contributed by atoms with van der Waals surface area (Å²) in [5, 5.41) is 16.3. The molecule has 6 nitrogen and oxygen atoms in total. The number of aromatic nitrogens is 2. The number of anilines is 1. The summed E-state index contributed by atoms with van der Waals surface area (Å²) in [6.45, 7) is 4.77. The second-order valence-electron chi connectivity index (χ2n) is 4.60. The van der Waals surface area contributed by atoms with Gasteiger partial charge < -0.3 is 15.3 Å². The minimum atomic E-state index is -0.346. The smallest absolute Gasteiger partial charge is 0.287 e. The third-order valence-corrected chi connectivity index (χ3v) is 3.61. The average molecular weight is 287 g/mol. The average Bonchev–Trinajstić information content (AvgIpc) is 2.33. The molecule has 1 saturated heterocycles. The van der Waals surface area contributed by atoms with E-state index in [0.29, 0.717) is 11.7 Å². The highest BCUT2D eigenvalue weighted by atomic mass is 35.5. The van der Waals surface area contributed by atoms with Crippen LogP contribution in [0.4, 0.5) is 5.69 Å². The van der Waals surface area contributed by atoms with Crippen LogP contribution in [0.15, 0.2) is 11.0 Å². The summed E-state index contributed by atoms with van der Waals surface area (Å²) in [7, 11) is 0. The van der Waals surface area contributed by atoms with E-state index in [-0.39, 0.29) is 23.7 Å². The lowest BCUT2D eigenvalue weighted by atomic mass is 10.1. The fourth-order valence-electron chi connectivity index (χ4n) is 2.15. The third-order valence-electron chi connectivity index (χ3n) is 3.25. The fraction of sp³-hybridized carbons (Fsp3) is 0.667. The van der Waals surface area contributed by atoms with Crippen LogP contribution in [0, 0.1) is 0 Å². The SMILES string of the molecule is CCCN(c1cnn(CCO)c(=O)c1Cl)C1CNC1. The van der Waals surface area contributed by atoms with Crippen LogP contribution in [-0.2, 0) is 6.54 Å². The van der Waals surface area contributed by atoms with Crippen molar-refractivity contribution < 1.29 is 5.11 Å². The van der Waals surface area contributed by atoms with E-state index in [1.807, 2.05) is 0 Å². The molecule has 0 bridgehead atoms. The van der Waals surface area contributed by atoms with Crippen molar-refractivity contribution in [1.29, 1.82) is 0 Å². The van der Waals surface area contributed by atoms with Crippen molar-refractivity contribution in [2.75, 3.05) is 31.1 Å². The lowest BCUT2D eigenvalue weighted by molar-refractivity contribution is 0.266. The van der Waals surface area contributed by atoms with Crippen molar-refractivity contribution in [1.82, 2.24) is 15.1 Å². The van der Waals surface area contributed by atoms with Crippen LogP contribution >= 0.6 is 11.6 Å². The number of hydrogen-bond acceptors (Lipinski definition) is 5. The molecule has 2 heterocycles.